The van der Waals surface area contributed by atoms with Gasteiger partial charge in [-0.1, -0.05) is 6.42 Å². The number of hydrogen-bond acceptors (Lipinski definition) is 4. The van der Waals surface area contributed by atoms with Crippen LogP contribution in [-0.4, -0.2) is 38.5 Å². The molecule has 0 amide bonds. The Balaban J connectivity index is 1.66. The monoisotopic (exact) mass is 323 g/mol. The Hall–Kier alpha value is -1.27. The Morgan fingerprint density at radius 1 is 1.18 bits per heavy atom. The molecule has 0 aromatic heterocycles. The van der Waals surface area contributed by atoms with Crippen molar-refractivity contribution < 1.29 is 17.9 Å². The van der Waals surface area contributed by atoms with E-state index in [1.807, 2.05) is 6.92 Å². The molecule has 22 heavy (non-hydrogen) atoms. The summed E-state index contributed by atoms with van der Waals surface area (Å²) in [6.07, 6.45) is 4.52. The maximum absolute atomic E-state index is 13.0. The van der Waals surface area contributed by atoms with E-state index in [2.05, 4.69) is 0 Å². The molecule has 120 valence electrons. The lowest BCUT2D eigenvalue weighted by molar-refractivity contribution is 0.152. The first-order valence-corrected chi connectivity index (χ1v) is 9.36. The van der Waals surface area contributed by atoms with Gasteiger partial charge in [0.1, 0.15) is 13.2 Å². The third-order valence-corrected chi connectivity index (χ3v) is 7.20. The van der Waals surface area contributed by atoms with Gasteiger partial charge in [-0.25, -0.2) is 8.42 Å². The highest BCUT2D eigenvalue weighted by Crippen LogP contribution is 2.51. The van der Waals surface area contributed by atoms with E-state index < -0.39 is 10.0 Å². The summed E-state index contributed by atoms with van der Waals surface area (Å²) in [5.74, 6) is 1.15. The first-order valence-electron chi connectivity index (χ1n) is 7.92. The van der Waals surface area contributed by atoms with Crippen LogP contribution in [0.4, 0.5) is 0 Å². The number of nitrogens with zero attached hydrogens (tertiary/aromatic N) is 1. The maximum atomic E-state index is 13.0. The fourth-order valence-electron chi connectivity index (χ4n) is 3.96. The molecule has 1 saturated heterocycles. The normalized spacial score (nSPS) is 26.9. The van der Waals surface area contributed by atoms with Gasteiger partial charge in [0.2, 0.25) is 10.0 Å². The lowest BCUT2D eigenvalue weighted by atomic mass is 9.68. The van der Waals surface area contributed by atoms with Crippen LogP contribution >= 0.6 is 0 Å². The average Bonchev–Trinajstić information content (AvgIpc) is 2.85. The van der Waals surface area contributed by atoms with Crippen LogP contribution in [0.3, 0.4) is 0 Å². The quantitative estimate of drug-likeness (QED) is 0.839. The van der Waals surface area contributed by atoms with Crippen LogP contribution in [0.15, 0.2) is 23.1 Å². The van der Waals surface area contributed by atoms with Gasteiger partial charge in [-0.3, -0.25) is 0 Å². The zero-order valence-corrected chi connectivity index (χ0v) is 13.6. The number of benzene rings is 1. The van der Waals surface area contributed by atoms with E-state index in [1.165, 1.54) is 6.42 Å². The van der Waals surface area contributed by atoms with Crippen molar-refractivity contribution in [2.75, 3.05) is 19.8 Å². The van der Waals surface area contributed by atoms with Gasteiger partial charge in [0.15, 0.2) is 11.5 Å². The third-order valence-electron chi connectivity index (χ3n) is 5.25. The van der Waals surface area contributed by atoms with E-state index >= 15 is 0 Å². The summed E-state index contributed by atoms with van der Waals surface area (Å²) in [4.78, 5) is 0.306. The molecule has 5 nitrogen and oxygen atoms in total. The fraction of sp³-hybridized carbons (Fsp3) is 0.625. The second-order valence-electron chi connectivity index (χ2n) is 6.76. The summed E-state index contributed by atoms with van der Waals surface area (Å²) in [7, 11) is -3.47. The van der Waals surface area contributed by atoms with Gasteiger partial charge in [0, 0.05) is 18.7 Å². The molecule has 1 aromatic carbocycles. The zero-order valence-electron chi connectivity index (χ0n) is 12.7. The van der Waals surface area contributed by atoms with Crippen molar-refractivity contribution >= 4 is 10.0 Å². The van der Waals surface area contributed by atoms with E-state index in [-0.39, 0.29) is 11.5 Å². The second-order valence-corrected chi connectivity index (χ2v) is 8.65. The van der Waals surface area contributed by atoms with Gasteiger partial charge in [-0.05, 0) is 43.7 Å². The van der Waals surface area contributed by atoms with E-state index in [4.69, 9.17) is 9.47 Å². The number of ether oxygens (including phenoxy) is 2. The van der Waals surface area contributed by atoms with Crippen molar-refractivity contribution in [2.45, 2.75) is 43.5 Å². The maximum Gasteiger partial charge on any atom is 0.243 e. The van der Waals surface area contributed by atoms with Crippen LogP contribution in [0.25, 0.3) is 0 Å². The van der Waals surface area contributed by atoms with Crippen LogP contribution in [-0.2, 0) is 10.0 Å². The Bertz CT molecular complexity index is 696. The predicted molar refractivity (Wildman–Crippen MR) is 81.7 cm³/mol. The molecule has 1 unspecified atom stereocenters. The highest BCUT2D eigenvalue weighted by atomic mass is 32.2. The van der Waals surface area contributed by atoms with Gasteiger partial charge >= 0.3 is 0 Å². The molecule has 1 saturated carbocycles. The van der Waals surface area contributed by atoms with Crippen molar-refractivity contribution in [3.63, 3.8) is 0 Å². The van der Waals surface area contributed by atoms with Crippen LogP contribution in [0.2, 0.25) is 0 Å². The summed E-state index contributed by atoms with van der Waals surface area (Å²) in [5, 5.41) is 0. The lowest BCUT2D eigenvalue weighted by Crippen LogP contribution is -2.37. The number of rotatable bonds is 2. The Morgan fingerprint density at radius 3 is 2.55 bits per heavy atom. The number of hydrogen-bond donors (Lipinski definition) is 0. The minimum absolute atomic E-state index is 0.0681. The van der Waals surface area contributed by atoms with Gasteiger partial charge < -0.3 is 9.47 Å². The molecule has 0 bridgehead atoms. The van der Waals surface area contributed by atoms with Crippen LogP contribution < -0.4 is 9.47 Å². The minimum atomic E-state index is -3.47. The molecule has 2 aliphatic heterocycles. The molecule has 1 aliphatic carbocycles. The first-order chi connectivity index (χ1) is 10.5. The van der Waals surface area contributed by atoms with E-state index in [9.17, 15) is 8.42 Å². The zero-order chi connectivity index (χ0) is 15.4. The molecule has 2 heterocycles. The molecule has 1 atom stereocenters. The molecule has 4 rings (SSSR count). The van der Waals surface area contributed by atoms with Crippen LogP contribution in [0.5, 0.6) is 11.5 Å². The molecule has 1 spiro atoms. The largest absolute Gasteiger partial charge is 0.486 e. The third kappa shape index (κ3) is 2.12. The fourth-order valence-corrected chi connectivity index (χ4v) is 5.72. The average molecular weight is 323 g/mol. The van der Waals surface area contributed by atoms with Gasteiger partial charge in [-0.15, -0.1) is 0 Å². The SMILES string of the molecule is CC1CC2(CCC2)CN1S(=O)(=O)c1ccc2c(c1)OCCO2. The van der Waals surface area contributed by atoms with Crippen molar-refractivity contribution in [1.29, 1.82) is 0 Å². The molecule has 0 radical (unpaired) electrons. The van der Waals surface area contributed by atoms with Gasteiger partial charge in [-0.2, -0.15) is 4.31 Å². The summed E-state index contributed by atoms with van der Waals surface area (Å²) in [5.41, 5.74) is 0.236. The predicted octanol–water partition coefficient (Wildman–Crippen LogP) is 2.41. The smallest absolute Gasteiger partial charge is 0.243 e. The molecular weight excluding hydrogens is 302 g/mol. The van der Waals surface area contributed by atoms with Gasteiger partial charge in [0.25, 0.3) is 0 Å². The Labute approximate surface area is 131 Å². The highest BCUT2D eigenvalue weighted by molar-refractivity contribution is 7.89. The van der Waals surface area contributed by atoms with E-state index in [1.54, 1.807) is 22.5 Å². The molecule has 3 aliphatic rings. The van der Waals surface area contributed by atoms with Crippen LogP contribution in [0.1, 0.15) is 32.6 Å². The number of sulfonamides is 1. The second kappa shape index (κ2) is 4.86. The first kappa shape index (κ1) is 14.3. The molecule has 2 fully saturated rings. The summed E-state index contributed by atoms with van der Waals surface area (Å²) >= 11 is 0. The van der Waals surface area contributed by atoms with Crippen molar-refractivity contribution in [2.24, 2.45) is 5.41 Å². The molecule has 1 aromatic rings. The van der Waals surface area contributed by atoms with E-state index in [0.717, 1.165) is 19.3 Å². The summed E-state index contributed by atoms with van der Waals surface area (Å²) in [6.45, 7) is 3.64. The Kier molecular flexibility index (Phi) is 3.17. The lowest BCUT2D eigenvalue weighted by Gasteiger charge is -2.38. The standard InChI is InChI=1S/C16H21NO4S/c1-12-10-16(5-2-6-16)11-17(12)22(18,19)13-3-4-14-15(9-13)21-8-7-20-14/h3-4,9,12H,2,5-8,10-11H2,1H3. The number of fused-ring (bicyclic) bond motifs is 1. The highest BCUT2D eigenvalue weighted by Gasteiger charge is 2.50. The minimum Gasteiger partial charge on any atom is -0.486 e. The topological polar surface area (TPSA) is 55.8 Å². The Morgan fingerprint density at radius 2 is 1.91 bits per heavy atom. The van der Waals surface area contributed by atoms with Crippen LogP contribution in [0, 0.1) is 5.41 Å². The van der Waals surface area contributed by atoms with Gasteiger partial charge in [0.05, 0.1) is 4.90 Å². The summed E-state index contributed by atoms with van der Waals surface area (Å²) in [6, 6.07) is 4.99. The van der Waals surface area contributed by atoms with Crippen molar-refractivity contribution in [3.8, 4) is 11.5 Å². The van der Waals surface area contributed by atoms with E-state index in [0.29, 0.717) is 36.2 Å². The molecule has 0 N–H and O–H groups in total. The summed E-state index contributed by atoms with van der Waals surface area (Å²) < 4.78 is 38.6. The molecular formula is C16H21NO4S. The van der Waals surface area contributed by atoms with Crippen molar-refractivity contribution in [1.82, 2.24) is 4.31 Å². The van der Waals surface area contributed by atoms with Crippen molar-refractivity contribution in [3.05, 3.63) is 18.2 Å². The molecule has 6 heteroatoms.